The first-order valence-electron chi connectivity index (χ1n) is 12.6. The SMILES string of the molecule is CC1=CCC2C(C)(C)CCCC2(C)C1CC12OC1C(O)C(Cc1c(O)cc(C)oc1=O)=CC2O. The van der Waals surface area contributed by atoms with Crippen molar-refractivity contribution in [1.29, 1.82) is 0 Å². The van der Waals surface area contributed by atoms with Gasteiger partial charge in [0, 0.05) is 12.5 Å². The van der Waals surface area contributed by atoms with E-state index < -0.39 is 29.5 Å². The van der Waals surface area contributed by atoms with Gasteiger partial charge in [-0.25, -0.2) is 4.79 Å². The van der Waals surface area contributed by atoms with Gasteiger partial charge in [0.25, 0.3) is 0 Å². The molecule has 0 bridgehead atoms. The van der Waals surface area contributed by atoms with Crippen molar-refractivity contribution < 1.29 is 24.5 Å². The molecule has 1 aliphatic heterocycles. The van der Waals surface area contributed by atoms with Gasteiger partial charge in [0.05, 0.1) is 5.56 Å². The van der Waals surface area contributed by atoms with E-state index in [0.717, 1.165) is 6.42 Å². The van der Waals surface area contributed by atoms with E-state index in [9.17, 15) is 20.1 Å². The summed E-state index contributed by atoms with van der Waals surface area (Å²) in [5, 5.41) is 32.6. The Hall–Kier alpha value is -1.89. The molecular formula is C28H38O6. The van der Waals surface area contributed by atoms with E-state index in [-0.39, 0.29) is 34.5 Å². The van der Waals surface area contributed by atoms with Gasteiger partial charge in [-0.05, 0) is 67.8 Å². The van der Waals surface area contributed by atoms with Crippen molar-refractivity contribution >= 4 is 0 Å². The highest BCUT2D eigenvalue weighted by atomic mass is 16.6. The number of hydrogen-bond donors (Lipinski definition) is 3. The van der Waals surface area contributed by atoms with Crippen molar-refractivity contribution in [2.75, 3.05) is 0 Å². The summed E-state index contributed by atoms with van der Waals surface area (Å²) in [6.07, 6.45) is 7.05. The van der Waals surface area contributed by atoms with Gasteiger partial charge in [0.15, 0.2) is 0 Å². The van der Waals surface area contributed by atoms with E-state index in [2.05, 4.69) is 33.8 Å². The highest BCUT2D eigenvalue weighted by Gasteiger charge is 2.68. The second kappa shape index (κ2) is 7.81. The minimum Gasteiger partial charge on any atom is -0.507 e. The lowest BCUT2D eigenvalue weighted by Crippen LogP contribution is -2.51. The largest absolute Gasteiger partial charge is 0.507 e. The summed E-state index contributed by atoms with van der Waals surface area (Å²) >= 11 is 0. The quantitative estimate of drug-likeness (QED) is 0.450. The van der Waals surface area contributed by atoms with Crippen molar-refractivity contribution in [2.45, 2.75) is 97.1 Å². The molecule has 5 rings (SSSR count). The zero-order valence-corrected chi connectivity index (χ0v) is 20.9. The van der Waals surface area contributed by atoms with Crippen LogP contribution in [0.2, 0.25) is 0 Å². The number of rotatable bonds is 4. The number of allylic oxidation sites excluding steroid dienone is 2. The number of aromatic hydroxyl groups is 1. The minimum atomic E-state index is -0.942. The molecule has 1 saturated heterocycles. The standard InChI is InChI=1S/C28H38O6/c1-15-7-8-21-26(3,4)9-6-10-27(21,5)19(15)14-28-22(30)13-17(23(31)24(28)34-28)12-18-20(29)11-16(2)33-25(18)32/h7,11,13,19,21-24,29-31H,6,8-10,12,14H2,1-5H3. The summed E-state index contributed by atoms with van der Waals surface area (Å²) in [6, 6.07) is 1.39. The van der Waals surface area contributed by atoms with Crippen LogP contribution >= 0.6 is 0 Å². The maximum Gasteiger partial charge on any atom is 0.343 e. The molecule has 186 valence electrons. The average molecular weight is 471 g/mol. The Kier molecular flexibility index (Phi) is 5.47. The van der Waals surface area contributed by atoms with Crippen LogP contribution in [-0.4, -0.2) is 39.2 Å². The Morgan fingerprint density at radius 2 is 1.88 bits per heavy atom. The lowest BCUT2D eigenvalue weighted by molar-refractivity contribution is -0.0505. The van der Waals surface area contributed by atoms with Gasteiger partial charge in [-0.3, -0.25) is 0 Å². The number of fused-ring (bicyclic) bond motifs is 2. The van der Waals surface area contributed by atoms with Crippen molar-refractivity contribution in [3.63, 3.8) is 0 Å². The summed E-state index contributed by atoms with van der Waals surface area (Å²) in [6.45, 7) is 11.0. The number of epoxide rings is 1. The smallest absolute Gasteiger partial charge is 0.343 e. The van der Waals surface area contributed by atoms with E-state index >= 15 is 0 Å². The van der Waals surface area contributed by atoms with Gasteiger partial charge in [-0.1, -0.05) is 44.9 Å². The average Bonchev–Trinajstić information content (AvgIpc) is 3.47. The van der Waals surface area contributed by atoms with Gasteiger partial charge < -0.3 is 24.5 Å². The topological polar surface area (TPSA) is 103 Å². The fraction of sp³-hybridized carbons (Fsp3) is 0.679. The summed E-state index contributed by atoms with van der Waals surface area (Å²) in [4.78, 5) is 12.3. The van der Waals surface area contributed by atoms with Crippen LogP contribution in [0.3, 0.4) is 0 Å². The van der Waals surface area contributed by atoms with Crippen molar-refractivity contribution in [3.8, 4) is 5.75 Å². The van der Waals surface area contributed by atoms with Crippen LogP contribution in [0.15, 0.2) is 38.6 Å². The molecule has 0 amide bonds. The Balaban J connectivity index is 1.42. The molecular weight excluding hydrogens is 432 g/mol. The van der Waals surface area contributed by atoms with E-state index in [1.54, 1.807) is 13.0 Å². The molecule has 2 heterocycles. The third-order valence-electron chi connectivity index (χ3n) is 9.66. The van der Waals surface area contributed by atoms with Crippen LogP contribution in [0.1, 0.15) is 71.1 Å². The Morgan fingerprint density at radius 1 is 1.15 bits per heavy atom. The molecule has 3 aliphatic carbocycles. The van der Waals surface area contributed by atoms with Crippen LogP contribution < -0.4 is 5.63 Å². The molecule has 0 radical (unpaired) electrons. The van der Waals surface area contributed by atoms with Gasteiger partial charge in [0.2, 0.25) is 0 Å². The third kappa shape index (κ3) is 3.52. The zero-order chi connectivity index (χ0) is 24.6. The molecule has 3 N–H and O–H groups in total. The van der Waals surface area contributed by atoms with E-state index in [1.807, 2.05) is 0 Å². The molecule has 7 unspecified atom stereocenters. The fourth-order valence-corrected chi connectivity index (χ4v) is 7.70. The highest BCUT2D eigenvalue weighted by Crippen LogP contribution is 2.63. The van der Waals surface area contributed by atoms with Gasteiger partial charge >= 0.3 is 5.63 Å². The normalized spacial score (nSPS) is 40.6. The molecule has 6 nitrogen and oxygen atoms in total. The van der Waals surface area contributed by atoms with Gasteiger partial charge in [-0.2, -0.15) is 0 Å². The van der Waals surface area contributed by atoms with E-state index in [4.69, 9.17) is 9.15 Å². The number of aliphatic hydroxyl groups is 2. The van der Waals surface area contributed by atoms with Crippen LogP contribution in [0, 0.1) is 29.6 Å². The van der Waals surface area contributed by atoms with Crippen LogP contribution in [-0.2, 0) is 11.2 Å². The summed E-state index contributed by atoms with van der Waals surface area (Å²) in [5.41, 5.74) is 0.897. The Bertz CT molecular complexity index is 1110. The van der Waals surface area contributed by atoms with Crippen molar-refractivity contribution in [1.82, 2.24) is 0 Å². The first-order valence-corrected chi connectivity index (χ1v) is 12.6. The van der Waals surface area contributed by atoms with E-state index in [1.165, 1.54) is 30.9 Å². The highest BCUT2D eigenvalue weighted by molar-refractivity contribution is 5.39. The predicted molar refractivity (Wildman–Crippen MR) is 128 cm³/mol. The first kappa shape index (κ1) is 23.8. The molecule has 0 spiro atoms. The second-order valence-corrected chi connectivity index (χ2v) is 12.2. The van der Waals surface area contributed by atoms with Gasteiger partial charge in [0.1, 0.15) is 35.4 Å². The van der Waals surface area contributed by atoms with Crippen LogP contribution in [0.4, 0.5) is 0 Å². The number of ether oxygens (including phenoxy) is 1. The minimum absolute atomic E-state index is 0.0128. The van der Waals surface area contributed by atoms with E-state index in [0.29, 0.717) is 23.7 Å². The van der Waals surface area contributed by atoms with Gasteiger partial charge in [-0.15, -0.1) is 0 Å². The lowest BCUT2D eigenvalue weighted by atomic mass is 9.47. The third-order valence-corrected chi connectivity index (χ3v) is 9.66. The maximum absolute atomic E-state index is 12.3. The summed E-state index contributed by atoms with van der Waals surface area (Å²) < 4.78 is 11.2. The maximum atomic E-state index is 12.3. The molecule has 6 heteroatoms. The molecule has 7 atom stereocenters. The first-order chi connectivity index (χ1) is 15.9. The Labute approximate surface area is 201 Å². The molecule has 1 saturated carbocycles. The number of aryl methyl sites for hydroxylation is 1. The summed E-state index contributed by atoms with van der Waals surface area (Å²) in [5.74, 6) is 1.02. The van der Waals surface area contributed by atoms with Crippen LogP contribution in [0.5, 0.6) is 5.75 Å². The predicted octanol–water partition coefficient (Wildman–Crippen LogP) is 4.18. The molecule has 4 aliphatic rings. The fourth-order valence-electron chi connectivity index (χ4n) is 7.70. The molecule has 2 fully saturated rings. The lowest BCUT2D eigenvalue weighted by Gasteiger charge is -2.57. The monoisotopic (exact) mass is 470 g/mol. The second-order valence-electron chi connectivity index (χ2n) is 12.2. The molecule has 0 aromatic carbocycles. The Morgan fingerprint density at radius 3 is 2.59 bits per heavy atom. The number of hydrogen-bond acceptors (Lipinski definition) is 6. The molecule has 1 aromatic heterocycles. The zero-order valence-electron chi connectivity index (χ0n) is 20.9. The number of aliphatic hydroxyl groups excluding tert-OH is 2. The van der Waals surface area contributed by atoms with Crippen molar-refractivity contribution in [2.24, 2.45) is 22.7 Å². The summed E-state index contributed by atoms with van der Waals surface area (Å²) in [7, 11) is 0. The molecule has 34 heavy (non-hydrogen) atoms. The van der Waals surface area contributed by atoms with Crippen molar-refractivity contribution in [3.05, 3.63) is 51.1 Å². The molecule has 1 aromatic rings. The van der Waals surface area contributed by atoms with Crippen LogP contribution in [0.25, 0.3) is 0 Å².